The fourth-order valence-corrected chi connectivity index (χ4v) is 5.68. The Balaban J connectivity index is 1.93. The molecule has 34 heavy (non-hydrogen) atoms. The van der Waals surface area contributed by atoms with Crippen LogP contribution in [0.3, 0.4) is 0 Å². The van der Waals surface area contributed by atoms with Gasteiger partial charge in [0.25, 0.3) is 0 Å². The smallest absolute Gasteiger partial charge is 0.243 e. The van der Waals surface area contributed by atoms with Crippen LogP contribution in [0.2, 0.25) is 5.02 Å². The average Bonchev–Trinajstić information content (AvgIpc) is 2.85. The Morgan fingerprint density at radius 1 is 0.971 bits per heavy atom. The van der Waals surface area contributed by atoms with Crippen LogP contribution in [-0.4, -0.2) is 32.2 Å². The standard InChI is InChI=1S/C27H30ClNO4S/c1-3-26(22-8-5-4-6-9-22)29(34(31,32)25-17-15-24(28)16-18-25)20-21-11-13-23(14-12-21)27(30)10-7-19-33-2/h4-6,8-9,11-18,26H,3,7,10,19-20H2,1-2H3. The third-order valence-corrected chi connectivity index (χ3v) is 7.83. The molecule has 1 unspecified atom stereocenters. The lowest BCUT2D eigenvalue weighted by Gasteiger charge is -2.31. The number of hydrogen-bond acceptors (Lipinski definition) is 4. The molecule has 3 aromatic carbocycles. The van der Waals surface area contributed by atoms with Crippen LogP contribution >= 0.6 is 11.6 Å². The van der Waals surface area contributed by atoms with Gasteiger partial charge in [-0.2, -0.15) is 4.31 Å². The molecule has 180 valence electrons. The molecule has 0 aliphatic rings. The van der Waals surface area contributed by atoms with Gasteiger partial charge in [-0.15, -0.1) is 0 Å². The molecule has 0 N–H and O–H groups in total. The molecule has 0 radical (unpaired) electrons. The predicted octanol–water partition coefficient (Wildman–Crippen LogP) is 6.29. The summed E-state index contributed by atoms with van der Waals surface area (Å²) in [7, 11) is -2.21. The Hall–Kier alpha value is -2.51. The maximum absolute atomic E-state index is 13.8. The topological polar surface area (TPSA) is 63.7 Å². The summed E-state index contributed by atoms with van der Waals surface area (Å²) in [5.74, 6) is 0.0463. The zero-order chi connectivity index (χ0) is 24.6. The van der Waals surface area contributed by atoms with E-state index < -0.39 is 10.0 Å². The SMILES string of the molecule is CCC(c1ccccc1)N(Cc1ccc(C(=O)CCCOC)cc1)S(=O)(=O)c1ccc(Cl)cc1. The van der Waals surface area contributed by atoms with Gasteiger partial charge in [0.1, 0.15) is 0 Å². The largest absolute Gasteiger partial charge is 0.385 e. The number of carbonyl (C=O) groups is 1. The molecule has 1 atom stereocenters. The zero-order valence-electron chi connectivity index (χ0n) is 19.5. The van der Waals surface area contributed by atoms with Gasteiger partial charge in [0.05, 0.1) is 10.9 Å². The van der Waals surface area contributed by atoms with Crippen molar-refractivity contribution in [2.24, 2.45) is 0 Å². The fourth-order valence-electron chi connectivity index (χ4n) is 3.88. The van der Waals surface area contributed by atoms with Crippen molar-refractivity contribution in [3.05, 3.63) is 101 Å². The first-order chi connectivity index (χ1) is 16.4. The zero-order valence-corrected chi connectivity index (χ0v) is 21.1. The highest BCUT2D eigenvalue weighted by molar-refractivity contribution is 7.89. The summed E-state index contributed by atoms with van der Waals surface area (Å²) < 4.78 is 34.1. The summed E-state index contributed by atoms with van der Waals surface area (Å²) in [6, 6.07) is 22.7. The highest BCUT2D eigenvalue weighted by Gasteiger charge is 2.31. The van der Waals surface area contributed by atoms with Crippen LogP contribution < -0.4 is 0 Å². The van der Waals surface area contributed by atoms with Gasteiger partial charge in [-0.25, -0.2) is 8.42 Å². The van der Waals surface area contributed by atoms with E-state index in [-0.39, 0.29) is 23.3 Å². The van der Waals surface area contributed by atoms with E-state index in [0.717, 1.165) is 11.1 Å². The molecule has 0 saturated carbocycles. The minimum absolute atomic E-state index is 0.0463. The van der Waals surface area contributed by atoms with Crippen molar-refractivity contribution in [2.75, 3.05) is 13.7 Å². The predicted molar refractivity (Wildman–Crippen MR) is 136 cm³/mol. The Bertz CT molecular complexity index is 1160. The Morgan fingerprint density at radius 3 is 2.21 bits per heavy atom. The van der Waals surface area contributed by atoms with Crippen molar-refractivity contribution < 1.29 is 17.9 Å². The highest BCUT2D eigenvalue weighted by Crippen LogP contribution is 2.32. The van der Waals surface area contributed by atoms with E-state index in [1.54, 1.807) is 31.4 Å². The summed E-state index contributed by atoms with van der Waals surface area (Å²) in [5.41, 5.74) is 2.34. The van der Waals surface area contributed by atoms with Crippen LogP contribution in [0.5, 0.6) is 0 Å². The molecule has 0 aliphatic carbocycles. The fraction of sp³-hybridized carbons (Fsp3) is 0.296. The second kappa shape index (κ2) is 12.3. The molecule has 3 aromatic rings. The van der Waals surface area contributed by atoms with Gasteiger partial charge in [0, 0.05) is 37.3 Å². The van der Waals surface area contributed by atoms with Crippen LogP contribution in [0.1, 0.15) is 53.7 Å². The Morgan fingerprint density at radius 2 is 1.62 bits per heavy atom. The number of Topliss-reactive ketones (excluding diaryl/α,β-unsaturated/α-hetero) is 1. The van der Waals surface area contributed by atoms with Crippen molar-refractivity contribution in [3.8, 4) is 0 Å². The van der Waals surface area contributed by atoms with E-state index in [0.29, 0.717) is 36.5 Å². The summed E-state index contributed by atoms with van der Waals surface area (Å²) in [6.07, 6.45) is 1.68. The monoisotopic (exact) mass is 499 g/mol. The third kappa shape index (κ3) is 6.54. The number of sulfonamides is 1. The molecular formula is C27H30ClNO4S. The van der Waals surface area contributed by atoms with E-state index in [2.05, 4.69) is 0 Å². The van der Waals surface area contributed by atoms with Crippen molar-refractivity contribution in [1.82, 2.24) is 4.31 Å². The molecule has 0 fully saturated rings. The maximum atomic E-state index is 13.8. The summed E-state index contributed by atoms with van der Waals surface area (Å²) in [4.78, 5) is 12.6. The summed E-state index contributed by atoms with van der Waals surface area (Å²) in [5, 5.41) is 0.478. The van der Waals surface area contributed by atoms with E-state index in [1.165, 1.54) is 16.4 Å². The summed E-state index contributed by atoms with van der Waals surface area (Å²) in [6.45, 7) is 2.69. The molecule has 0 spiro atoms. The van der Waals surface area contributed by atoms with Crippen LogP contribution in [-0.2, 0) is 21.3 Å². The van der Waals surface area contributed by atoms with Gasteiger partial charge in [0.2, 0.25) is 10.0 Å². The molecule has 0 heterocycles. The van der Waals surface area contributed by atoms with Crippen LogP contribution in [0.4, 0.5) is 0 Å². The van der Waals surface area contributed by atoms with Crippen molar-refractivity contribution in [3.63, 3.8) is 0 Å². The van der Waals surface area contributed by atoms with Gasteiger partial charge in [0.15, 0.2) is 5.78 Å². The molecular weight excluding hydrogens is 470 g/mol. The lowest BCUT2D eigenvalue weighted by atomic mass is 10.0. The van der Waals surface area contributed by atoms with Gasteiger partial charge in [-0.05, 0) is 48.2 Å². The molecule has 0 saturated heterocycles. The maximum Gasteiger partial charge on any atom is 0.243 e. The number of ether oxygens (including phenoxy) is 1. The van der Waals surface area contributed by atoms with Gasteiger partial charge >= 0.3 is 0 Å². The Kier molecular flexibility index (Phi) is 9.42. The first-order valence-electron chi connectivity index (χ1n) is 11.3. The highest BCUT2D eigenvalue weighted by atomic mass is 35.5. The minimum Gasteiger partial charge on any atom is -0.385 e. The number of carbonyl (C=O) groups excluding carboxylic acids is 1. The molecule has 7 heteroatoms. The molecule has 0 aliphatic heterocycles. The molecule has 5 nitrogen and oxygen atoms in total. The second-order valence-electron chi connectivity index (χ2n) is 8.06. The number of benzene rings is 3. The number of hydrogen-bond donors (Lipinski definition) is 0. The lowest BCUT2D eigenvalue weighted by Crippen LogP contribution is -2.34. The van der Waals surface area contributed by atoms with Crippen LogP contribution in [0, 0.1) is 0 Å². The number of rotatable bonds is 12. The Labute approximate surface area is 207 Å². The van der Waals surface area contributed by atoms with Crippen LogP contribution in [0.15, 0.2) is 83.8 Å². The van der Waals surface area contributed by atoms with Gasteiger partial charge < -0.3 is 4.74 Å². The third-order valence-electron chi connectivity index (χ3n) is 5.71. The number of methoxy groups -OCH3 is 1. The summed E-state index contributed by atoms with van der Waals surface area (Å²) >= 11 is 5.99. The van der Waals surface area contributed by atoms with E-state index in [1.807, 2.05) is 49.4 Å². The molecule has 0 aromatic heterocycles. The van der Waals surface area contributed by atoms with Crippen molar-refractivity contribution in [1.29, 1.82) is 0 Å². The lowest BCUT2D eigenvalue weighted by molar-refractivity contribution is 0.0963. The van der Waals surface area contributed by atoms with E-state index in [4.69, 9.17) is 16.3 Å². The van der Waals surface area contributed by atoms with Crippen molar-refractivity contribution >= 4 is 27.4 Å². The minimum atomic E-state index is -3.82. The first-order valence-corrected chi connectivity index (χ1v) is 13.1. The van der Waals surface area contributed by atoms with Crippen molar-refractivity contribution in [2.45, 2.75) is 43.7 Å². The quantitative estimate of drug-likeness (QED) is 0.217. The first kappa shape index (κ1) is 26.1. The number of ketones is 1. The molecule has 0 amide bonds. The van der Waals surface area contributed by atoms with Crippen LogP contribution in [0.25, 0.3) is 0 Å². The van der Waals surface area contributed by atoms with Gasteiger partial charge in [-0.1, -0.05) is 73.1 Å². The number of halogens is 1. The molecule has 3 rings (SSSR count). The van der Waals surface area contributed by atoms with E-state index >= 15 is 0 Å². The number of nitrogens with zero attached hydrogens (tertiary/aromatic N) is 1. The second-order valence-corrected chi connectivity index (χ2v) is 10.4. The molecule has 0 bridgehead atoms. The average molecular weight is 500 g/mol. The van der Waals surface area contributed by atoms with E-state index in [9.17, 15) is 13.2 Å². The normalized spacial score (nSPS) is 12.6. The van der Waals surface area contributed by atoms with Gasteiger partial charge in [-0.3, -0.25) is 4.79 Å².